The number of benzene rings is 3. The van der Waals surface area contributed by atoms with Crippen molar-refractivity contribution in [1.29, 1.82) is 10.5 Å². The van der Waals surface area contributed by atoms with Crippen LogP contribution in [0.4, 0.5) is 22.9 Å². The van der Waals surface area contributed by atoms with Crippen LogP contribution in [0.5, 0.6) is 0 Å². The number of aryl methyl sites for hydroxylation is 2. The van der Waals surface area contributed by atoms with Gasteiger partial charge in [-0.05, 0) is 55.8 Å². The van der Waals surface area contributed by atoms with E-state index in [4.69, 9.17) is 5.73 Å². The van der Waals surface area contributed by atoms with Gasteiger partial charge >= 0.3 is 0 Å². The number of aromatic nitrogens is 1. The fraction of sp³-hybridized carbons (Fsp3) is 0.0741. The molecule has 0 aliphatic rings. The second kappa shape index (κ2) is 8.74. The van der Waals surface area contributed by atoms with Gasteiger partial charge in [-0.25, -0.2) is 0 Å². The monoisotopic (exact) mass is 431 g/mol. The van der Waals surface area contributed by atoms with E-state index in [2.05, 4.69) is 58.4 Å². The van der Waals surface area contributed by atoms with E-state index in [1.54, 1.807) is 12.1 Å². The lowest BCUT2D eigenvalue weighted by atomic mass is 9.96. The number of rotatable bonds is 4. The number of nitrogens with zero attached hydrogens (tertiary/aromatic N) is 3. The molecule has 0 atom stereocenters. The summed E-state index contributed by atoms with van der Waals surface area (Å²) in [7, 11) is 0. The second-order valence-corrected chi connectivity index (χ2v) is 7.77. The van der Waals surface area contributed by atoms with Gasteiger partial charge in [0.1, 0.15) is 29.1 Å². The van der Waals surface area contributed by atoms with Crippen LogP contribution in [0.1, 0.15) is 22.3 Å². The van der Waals surface area contributed by atoms with Gasteiger partial charge in [0.15, 0.2) is 0 Å². The number of nitrogens with two attached hydrogens (primary N) is 1. The summed E-state index contributed by atoms with van der Waals surface area (Å²) in [4.78, 5) is 16.7. The van der Waals surface area contributed by atoms with Crippen molar-refractivity contribution in [3.63, 3.8) is 0 Å². The van der Waals surface area contributed by atoms with Gasteiger partial charge in [-0.1, -0.05) is 47.5 Å². The maximum atomic E-state index is 12.3. The highest BCUT2D eigenvalue weighted by Gasteiger charge is 2.19. The minimum Gasteiger partial charge on any atom is -0.384 e. The average molecular weight is 431 g/mol. The Balaban J connectivity index is 1.86. The zero-order valence-electron chi connectivity index (χ0n) is 18.3. The summed E-state index contributed by atoms with van der Waals surface area (Å²) >= 11 is 0. The molecule has 0 bridgehead atoms. The van der Waals surface area contributed by atoms with Crippen molar-refractivity contribution in [2.75, 3.05) is 10.6 Å². The van der Waals surface area contributed by atoms with Crippen LogP contribution in [0.3, 0.4) is 0 Å². The van der Waals surface area contributed by atoms with Crippen molar-refractivity contribution < 1.29 is 0 Å². The number of nitrogens with one attached hydrogen (secondary N) is 1. The molecule has 0 aliphatic heterocycles. The molecule has 6 nitrogen and oxygen atoms in total. The number of nitrogen functional groups attached to an aromatic ring is 1. The van der Waals surface area contributed by atoms with Gasteiger partial charge in [0.25, 0.3) is 5.56 Å². The van der Waals surface area contributed by atoms with Gasteiger partial charge < -0.3 is 15.6 Å². The summed E-state index contributed by atoms with van der Waals surface area (Å²) in [6, 6.07) is 27.8. The van der Waals surface area contributed by atoms with Crippen LogP contribution in [0.2, 0.25) is 0 Å². The fourth-order valence-corrected chi connectivity index (χ4v) is 3.74. The quantitative estimate of drug-likeness (QED) is 0.446. The van der Waals surface area contributed by atoms with E-state index in [0.29, 0.717) is 5.56 Å². The van der Waals surface area contributed by atoms with E-state index in [1.165, 1.54) is 0 Å². The number of aromatic amines is 1. The predicted octanol–water partition coefficient (Wildman–Crippen LogP) is 5.45. The van der Waals surface area contributed by atoms with E-state index in [-0.39, 0.29) is 22.5 Å². The maximum absolute atomic E-state index is 12.3. The molecule has 33 heavy (non-hydrogen) atoms. The summed E-state index contributed by atoms with van der Waals surface area (Å²) in [5, 5.41) is 19.1. The minimum atomic E-state index is -0.617. The SMILES string of the molecule is Cc1ccc(N(c2ccc(C)cc2)c2ccc(-c3c(C#N)c(N)[nH]c(=O)c3C#N)cc2)cc1. The Morgan fingerprint density at radius 3 is 1.58 bits per heavy atom. The first-order valence-corrected chi connectivity index (χ1v) is 10.3. The number of H-pyrrole nitrogens is 1. The standard InChI is InChI=1S/C27H21N5O/c1-17-3-9-20(10-4-17)32(21-11-5-18(2)6-12-21)22-13-7-19(8-14-22)25-23(15-28)26(30)31-27(33)24(25)16-29/h3-14H,1-2H3,(H3,30,31,33). The summed E-state index contributed by atoms with van der Waals surface area (Å²) in [6.45, 7) is 4.09. The van der Waals surface area contributed by atoms with Gasteiger partial charge in [0.2, 0.25) is 0 Å². The van der Waals surface area contributed by atoms with E-state index >= 15 is 0 Å². The molecule has 4 rings (SSSR count). The molecule has 0 amide bonds. The summed E-state index contributed by atoms with van der Waals surface area (Å²) in [5.74, 6) is -0.0542. The van der Waals surface area contributed by atoms with E-state index in [9.17, 15) is 15.3 Å². The first-order chi connectivity index (χ1) is 15.9. The lowest BCUT2D eigenvalue weighted by Crippen LogP contribution is -2.16. The molecule has 160 valence electrons. The number of hydrogen-bond acceptors (Lipinski definition) is 5. The van der Waals surface area contributed by atoms with Crippen molar-refractivity contribution in [1.82, 2.24) is 4.98 Å². The molecule has 0 unspecified atom stereocenters. The van der Waals surface area contributed by atoms with Crippen LogP contribution >= 0.6 is 0 Å². The lowest BCUT2D eigenvalue weighted by Gasteiger charge is -2.26. The third kappa shape index (κ3) is 4.06. The molecule has 0 aliphatic carbocycles. The molecule has 0 saturated carbocycles. The highest BCUT2D eigenvalue weighted by molar-refractivity contribution is 5.83. The van der Waals surface area contributed by atoms with E-state index in [0.717, 1.165) is 28.2 Å². The van der Waals surface area contributed by atoms with Crippen molar-refractivity contribution in [2.24, 2.45) is 0 Å². The highest BCUT2D eigenvalue weighted by Crippen LogP contribution is 2.36. The van der Waals surface area contributed by atoms with Crippen LogP contribution in [-0.2, 0) is 0 Å². The van der Waals surface area contributed by atoms with Crippen molar-refractivity contribution in [3.05, 3.63) is 105 Å². The number of anilines is 4. The maximum Gasteiger partial charge on any atom is 0.268 e. The smallest absolute Gasteiger partial charge is 0.268 e. The molecule has 6 heteroatoms. The summed E-state index contributed by atoms with van der Waals surface area (Å²) in [5.41, 5.74) is 11.2. The third-order valence-corrected chi connectivity index (χ3v) is 5.47. The molecule has 3 aromatic carbocycles. The Labute approximate surface area is 191 Å². The minimum absolute atomic E-state index is 0.0542. The Kier molecular flexibility index (Phi) is 5.67. The normalized spacial score (nSPS) is 10.3. The number of pyridine rings is 1. The highest BCUT2D eigenvalue weighted by atomic mass is 16.1. The molecule has 0 fully saturated rings. The number of nitriles is 2. The molecule has 0 saturated heterocycles. The van der Waals surface area contributed by atoms with Crippen LogP contribution in [0, 0.1) is 36.5 Å². The molecular weight excluding hydrogens is 410 g/mol. The summed E-state index contributed by atoms with van der Waals surface area (Å²) < 4.78 is 0. The summed E-state index contributed by atoms with van der Waals surface area (Å²) in [6.07, 6.45) is 0. The van der Waals surface area contributed by atoms with Crippen LogP contribution in [0.25, 0.3) is 11.1 Å². The lowest BCUT2D eigenvalue weighted by molar-refractivity contribution is 1.21. The van der Waals surface area contributed by atoms with E-state index in [1.807, 2.05) is 38.1 Å². The van der Waals surface area contributed by atoms with Crippen LogP contribution in [-0.4, -0.2) is 4.98 Å². The first kappa shape index (κ1) is 21.4. The van der Waals surface area contributed by atoms with Gasteiger partial charge in [0.05, 0.1) is 0 Å². The molecular formula is C27H21N5O. The fourth-order valence-electron chi connectivity index (χ4n) is 3.74. The van der Waals surface area contributed by atoms with Crippen molar-refractivity contribution in [2.45, 2.75) is 13.8 Å². The second-order valence-electron chi connectivity index (χ2n) is 7.77. The Hall–Kier alpha value is -4.81. The number of hydrogen-bond donors (Lipinski definition) is 2. The topological polar surface area (TPSA) is 110 Å². The van der Waals surface area contributed by atoms with Gasteiger partial charge in [-0.2, -0.15) is 10.5 Å². The Bertz CT molecular complexity index is 1410. The van der Waals surface area contributed by atoms with Gasteiger partial charge in [-0.15, -0.1) is 0 Å². The Morgan fingerprint density at radius 2 is 1.15 bits per heavy atom. The molecule has 3 N–H and O–H groups in total. The average Bonchev–Trinajstić information content (AvgIpc) is 2.82. The van der Waals surface area contributed by atoms with Gasteiger partial charge in [0, 0.05) is 22.6 Å². The predicted molar refractivity (Wildman–Crippen MR) is 130 cm³/mol. The van der Waals surface area contributed by atoms with Crippen LogP contribution in [0.15, 0.2) is 77.6 Å². The molecule has 1 aromatic heterocycles. The van der Waals surface area contributed by atoms with Crippen LogP contribution < -0.4 is 16.2 Å². The Morgan fingerprint density at radius 1 is 0.727 bits per heavy atom. The van der Waals surface area contributed by atoms with Gasteiger partial charge in [-0.3, -0.25) is 4.79 Å². The zero-order valence-corrected chi connectivity index (χ0v) is 18.3. The molecule has 0 spiro atoms. The van der Waals surface area contributed by atoms with E-state index < -0.39 is 5.56 Å². The molecule has 0 radical (unpaired) electrons. The molecule has 1 heterocycles. The molecule has 4 aromatic rings. The first-order valence-electron chi connectivity index (χ1n) is 10.3. The third-order valence-electron chi connectivity index (χ3n) is 5.47. The van der Waals surface area contributed by atoms with Crippen molar-refractivity contribution >= 4 is 22.9 Å². The zero-order chi connectivity index (χ0) is 23.5. The van der Waals surface area contributed by atoms with Crippen molar-refractivity contribution in [3.8, 4) is 23.3 Å². The largest absolute Gasteiger partial charge is 0.384 e.